The predicted octanol–water partition coefficient (Wildman–Crippen LogP) is -0.449. The molecule has 56 nitrogen and oxygen atoms in total. The first-order valence-electron chi connectivity index (χ1n) is 36.4. The van der Waals surface area contributed by atoms with Gasteiger partial charge in [-0.3, -0.25) is 88.0 Å². The van der Waals surface area contributed by atoms with Crippen LogP contribution < -0.4 is 118 Å². The topological polar surface area (TPSA) is 952 Å². The van der Waals surface area contributed by atoms with Gasteiger partial charge in [-0.25, -0.2) is 54.8 Å². The minimum atomic E-state index is -0.952. The standard InChI is InChI=1S/C13H14N4OS.C13H12N4OS.4C6H7N5O.C5H5N5O.C5H8N4O.C5H7N3O.C4H4N6O.2CH4/c1-7-2-4-8(5-3-7)19-10-6-9-11(16-10)12(18)17-13(14)15-9;1-7-4-2-3-5-9(7)19-10-6-8-11(16-10)12(18)17-13(14)15-8;4*1-2-8-3-4(9-2)10-6(7)11-5(3)12;6-5-9-3-2(4(11)10-5)7-1-8-3;1-2-3(6)4(10)9-5(7)8-2;1-3-2-4(9)8-5(6)7-3;5-4-6-2-1(3(11)7-4)8-10-9-2;;/h2-5,12,18H,6H2,1H3,(H3,14,15,17);2-5H,6H2,1H3,(H3,14,15,17,18);4*1H3,(H4,7,8,9,10,11,12);1H,(H4,6,7,8,9,10,11);6H2,1H3,(H3,7,8,9,10);2H,1H3,(H3,6,7,8,9);(H4,5,6,7,8,9,10,11);2*1H4. The number of guanidine groups is 1. The molecule has 1 unspecified atom stereocenters. The number of nitrogens with two attached hydrogens (primary N) is 11. The van der Waals surface area contributed by atoms with Crippen molar-refractivity contribution in [2.24, 2.45) is 20.7 Å². The van der Waals surface area contributed by atoms with Gasteiger partial charge in [0, 0.05) is 34.4 Å². The molecular formula is C71H86N46O10S2. The number of aliphatic hydroxyl groups excluding tert-OH is 1. The smallest absolute Gasteiger partial charge is 0.282 e. The van der Waals surface area contributed by atoms with E-state index in [1.807, 2.05) is 31.2 Å². The van der Waals surface area contributed by atoms with E-state index in [2.05, 4.69) is 206 Å². The van der Waals surface area contributed by atoms with Crippen LogP contribution in [-0.4, -0.2) is 182 Å². The average Bonchev–Trinajstić information content (AvgIpc) is 1.71. The summed E-state index contributed by atoms with van der Waals surface area (Å²) in [7, 11) is 0. The maximum Gasteiger partial charge on any atom is 0.282 e. The summed E-state index contributed by atoms with van der Waals surface area (Å²) in [6, 6.07) is 17.7. The molecular weight excluding hydrogens is 1720 g/mol. The monoisotopic (exact) mass is 1810 g/mol. The Hall–Kier alpha value is -17.9. The van der Waals surface area contributed by atoms with Gasteiger partial charge < -0.3 is 98.4 Å². The van der Waals surface area contributed by atoms with Gasteiger partial charge in [0.2, 0.25) is 59.2 Å². The first kappa shape index (κ1) is 95.0. The number of aryl methyl sites for hydroxylation is 8. The number of thioether (sulfide) groups is 2. The summed E-state index contributed by atoms with van der Waals surface area (Å²) in [5.41, 5.74) is 65.9. The quantitative estimate of drug-likeness (QED) is 0.104. The maximum atomic E-state index is 11.7. The molecule has 2 aromatic carbocycles. The van der Waals surface area contributed by atoms with Gasteiger partial charge in [-0.2, -0.15) is 35.1 Å². The van der Waals surface area contributed by atoms with E-state index in [4.69, 9.17) is 63.1 Å². The van der Waals surface area contributed by atoms with Crippen molar-refractivity contribution in [1.82, 2.24) is 160 Å². The highest BCUT2D eigenvalue weighted by atomic mass is 32.2. The van der Waals surface area contributed by atoms with Crippen molar-refractivity contribution >= 4 is 171 Å². The zero-order valence-corrected chi connectivity index (χ0v) is 69.2. The molecule has 18 heterocycles. The van der Waals surface area contributed by atoms with Crippen LogP contribution in [0.2, 0.25) is 0 Å². The number of aliphatic hydroxyl groups is 1. The molecule has 1 atom stereocenters. The SMILES string of the molecule is C.C.Cc1cc(=O)[nH]c(N)n1.Cc1ccc(SC2=NC3=C(C2)NC(N)=NC3O)cc1.Cc1ccccc1SC1=Nc2c(nc(N)[nH]c2=O)C1.Cc1nc(N)[nH]c(=O)c1N.Cc1nc2nc(N)[nH]c(=O)c2[nH]1.Cc1nc2nc(N)[nH]c(=O)c2[nH]1.Cc1nc2nc(N)[nH]c(=O)c2[nH]1.Cc1nc2nc(N)[nH]c(=O)c2[nH]1.Nc1nc2n[nH]nc2c(=O)[nH]1.Nc1nc2nc[nH]c2c(=O)[nH]1. The van der Waals surface area contributed by atoms with Gasteiger partial charge in [0.25, 0.3) is 50.0 Å². The van der Waals surface area contributed by atoms with E-state index in [0.717, 1.165) is 25.6 Å². The summed E-state index contributed by atoms with van der Waals surface area (Å²) in [6.07, 6.45) is 1.66. The Morgan fingerprint density at radius 3 is 1.31 bits per heavy atom. The Balaban J connectivity index is 0.000000163. The molecule has 39 N–H and O–H groups in total. The van der Waals surface area contributed by atoms with Crippen LogP contribution in [0.5, 0.6) is 0 Å². The van der Waals surface area contributed by atoms with Crippen LogP contribution in [0.1, 0.15) is 72.8 Å². The summed E-state index contributed by atoms with van der Waals surface area (Å²) in [5, 5.41) is 24.0. The highest BCUT2D eigenvalue weighted by Gasteiger charge is 2.28. The summed E-state index contributed by atoms with van der Waals surface area (Å²) in [5.74, 6) is 3.67. The van der Waals surface area contributed by atoms with Crippen molar-refractivity contribution in [2.45, 2.75) is 99.1 Å². The number of nitrogens with zero attached hydrogens (tertiary/aromatic N) is 19. The van der Waals surface area contributed by atoms with E-state index in [1.54, 1.807) is 65.1 Å². The average molecular weight is 1810 g/mol. The second-order valence-corrected chi connectivity index (χ2v) is 28.6. The van der Waals surface area contributed by atoms with Crippen molar-refractivity contribution in [2.75, 3.05) is 57.3 Å². The number of benzene rings is 2. The Morgan fingerprint density at radius 1 is 0.403 bits per heavy atom. The maximum absolute atomic E-state index is 11.7. The van der Waals surface area contributed by atoms with Crippen molar-refractivity contribution in [1.29, 1.82) is 0 Å². The fraction of sp³-hybridized carbons (Fsp3) is 0.183. The molecule has 20 rings (SSSR count). The number of nitrogen functional groups attached to an aromatic ring is 10. The molecule has 58 heteroatoms. The molecule has 15 aromatic heterocycles. The van der Waals surface area contributed by atoms with Gasteiger partial charge >= 0.3 is 0 Å². The number of aromatic nitrogens is 31. The number of hydrogen-bond donors (Lipinski definition) is 28. The number of rotatable bonds is 2. The zero-order chi connectivity index (χ0) is 91.9. The minimum absolute atomic E-state index is 0. The second-order valence-electron chi connectivity index (χ2n) is 26.4. The largest absolute Gasteiger partial charge is 0.393 e. The molecule has 0 amide bonds. The van der Waals surface area contributed by atoms with E-state index in [1.165, 1.54) is 23.5 Å². The van der Waals surface area contributed by atoms with Gasteiger partial charge in [-0.1, -0.05) is 74.3 Å². The number of aromatic amines is 15. The fourth-order valence-corrected chi connectivity index (χ4v) is 12.8. The highest BCUT2D eigenvalue weighted by molar-refractivity contribution is 8.14. The molecule has 0 radical (unpaired) electrons. The van der Waals surface area contributed by atoms with Gasteiger partial charge in [-0.15, -0.1) is 10.2 Å². The first-order valence-corrected chi connectivity index (χ1v) is 38.0. The van der Waals surface area contributed by atoms with E-state index in [-0.39, 0.29) is 141 Å². The molecule has 0 bridgehead atoms. The molecule has 0 saturated carbocycles. The van der Waals surface area contributed by atoms with Gasteiger partial charge in [0.1, 0.15) is 34.7 Å². The Morgan fingerprint density at radius 2 is 0.829 bits per heavy atom. The van der Waals surface area contributed by atoms with Gasteiger partial charge in [-0.05, 0) is 79.2 Å². The lowest BCUT2D eigenvalue weighted by Crippen LogP contribution is -2.37. The fourth-order valence-electron chi connectivity index (χ4n) is 10.9. The molecule has 129 heavy (non-hydrogen) atoms. The van der Waals surface area contributed by atoms with Crippen LogP contribution in [0, 0.1) is 55.4 Å². The number of fused-ring (bicyclic) bond motifs is 7. The normalized spacial score (nSPS) is 12.3. The van der Waals surface area contributed by atoms with E-state index < -0.39 is 6.23 Å². The summed E-state index contributed by atoms with van der Waals surface area (Å²) in [6.45, 7) is 14.4. The number of imidazole rings is 5. The lowest BCUT2D eigenvalue weighted by Gasteiger charge is -2.16. The lowest BCUT2D eigenvalue weighted by atomic mass is 10.2. The van der Waals surface area contributed by atoms with Crippen molar-refractivity contribution in [3.63, 3.8) is 0 Å². The summed E-state index contributed by atoms with van der Waals surface area (Å²) < 4.78 is 0. The Labute approximate surface area is 727 Å². The molecule has 3 aliphatic rings. The van der Waals surface area contributed by atoms with E-state index in [0.29, 0.717) is 120 Å². The number of anilines is 10. The predicted molar refractivity (Wildman–Crippen MR) is 490 cm³/mol. The molecule has 0 fully saturated rings. The third-order valence-corrected chi connectivity index (χ3v) is 18.5. The Kier molecular flexibility index (Phi) is 30.4. The lowest BCUT2D eigenvalue weighted by molar-refractivity contribution is 0.216. The van der Waals surface area contributed by atoms with Crippen LogP contribution in [-0.2, 0) is 6.42 Å². The van der Waals surface area contributed by atoms with Crippen LogP contribution in [0.4, 0.5) is 64.9 Å². The molecule has 0 spiro atoms. The minimum Gasteiger partial charge on any atom is -0.393 e. The molecule has 672 valence electrons. The second kappa shape index (κ2) is 41.3. The zero-order valence-electron chi connectivity index (χ0n) is 67.6. The van der Waals surface area contributed by atoms with Crippen molar-refractivity contribution in [3.05, 3.63) is 217 Å². The number of allylic oxidation sites excluding steroid dienone is 1. The van der Waals surface area contributed by atoms with E-state index in [9.17, 15) is 48.3 Å². The number of nitrogens with one attached hydrogen (secondary N) is 16. The van der Waals surface area contributed by atoms with Crippen LogP contribution in [0.15, 0.2) is 140 Å². The van der Waals surface area contributed by atoms with E-state index >= 15 is 0 Å². The molecule has 0 aliphatic carbocycles. The third kappa shape index (κ3) is 25.0. The van der Waals surface area contributed by atoms with Crippen molar-refractivity contribution < 1.29 is 5.11 Å². The summed E-state index contributed by atoms with van der Waals surface area (Å²) in [4.78, 5) is 204. The van der Waals surface area contributed by atoms with Crippen LogP contribution in [0.3, 0.4) is 0 Å². The Bertz CT molecular complexity index is 7200. The van der Waals surface area contributed by atoms with Gasteiger partial charge in [0.15, 0.2) is 79.2 Å². The van der Waals surface area contributed by atoms with Gasteiger partial charge in [0.05, 0.1) is 33.5 Å². The van der Waals surface area contributed by atoms with Crippen LogP contribution >= 0.6 is 23.5 Å². The number of H-pyrrole nitrogens is 15. The molecule has 17 aromatic rings. The summed E-state index contributed by atoms with van der Waals surface area (Å²) >= 11 is 3.16. The first-order chi connectivity index (χ1) is 60.2. The highest BCUT2D eigenvalue weighted by Crippen LogP contribution is 2.33. The molecule has 3 aliphatic heterocycles. The van der Waals surface area contributed by atoms with Crippen LogP contribution in [0.25, 0.3) is 67.0 Å². The molecule has 0 saturated heterocycles. The third-order valence-electron chi connectivity index (χ3n) is 16.4. The van der Waals surface area contributed by atoms with Crippen molar-refractivity contribution in [3.8, 4) is 0 Å². The number of aliphatic imine (C=N–C) groups is 3. The number of hydrogen-bond acceptors (Lipinski definition) is 43.